The van der Waals surface area contributed by atoms with Crippen molar-refractivity contribution in [1.82, 2.24) is 10.2 Å². The summed E-state index contributed by atoms with van der Waals surface area (Å²) in [5, 5.41) is 11.9. The van der Waals surface area contributed by atoms with Gasteiger partial charge in [-0.3, -0.25) is 9.59 Å². The molecular formula is C26H27N2NaO6S. The molecule has 2 aromatic carbocycles. The van der Waals surface area contributed by atoms with E-state index < -0.39 is 46.0 Å². The van der Waals surface area contributed by atoms with E-state index in [9.17, 15) is 24.3 Å². The molecule has 0 saturated carbocycles. The molecule has 0 aromatic heterocycles. The Morgan fingerprint density at radius 3 is 2.61 bits per heavy atom. The summed E-state index contributed by atoms with van der Waals surface area (Å²) in [4.78, 5) is 51.4. The number of aryl methyl sites for hydroxylation is 2. The quantitative estimate of drug-likeness (QED) is 0.260. The van der Waals surface area contributed by atoms with E-state index in [2.05, 4.69) is 5.32 Å². The maximum atomic E-state index is 12.9. The van der Waals surface area contributed by atoms with Crippen molar-refractivity contribution in [2.24, 2.45) is 0 Å². The first kappa shape index (κ1) is 26.7. The summed E-state index contributed by atoms with van der Waals surface area (Å²) in [6.07, 6.45) is 3.00. The second-order valence-corrected chi connectivity index (χ2v) is 11.4. The number of rotatable bonds is 6. The number of esters is 1. The number of amides is 2. The molecule has 2 fully saturated rings. The van der Waals surface area contributed by atoms with Crippen LogP contribution in [0.1, 0.15) is 47.3 Å². The van der Waals surface area contributed by atoms with Gasteiger partial charge in [-0.15, -0.1) is 11.8 Å². The molecule has 10 heteroatoms. The maximum absolute atomic E-state index is 12.9. The molecule has 8 nitrogen and oxygen atoms in total. The Balaban J connectivity index is 0.00000304. The first-order valence-corrected chi connectivity index (χ1v) is 12.5. The molecule has 0 radical (unpaired) electrons. The molecule has 2 aliphatic heterocycles. The summed E-state index contributed by atoms with van der Waals surface area (Å²) in [6.45, 7) is 3.56. The van der Waals surface area contributed by atoms with Gasteiger partial charge in [-0.05, 0) is 68.0 Å². The SMILES string of the molecule is CC1(C)S[C@@H]2C(NC(=O)Cc3ccccc3C(=O)Oc3ccc4c(c3)CCC4)C(=O)N2C1C(=O)O.[NaH]. The van der Waals surface area contributed by atoms with E-state index in [1.54, 1.807) is 44.2 Å². The average Bonchev–Trinajstić information content (AvgIpc) is 3.37. The number of fused-ring (bicyclic) bond motifs is 2. The molecule has 0 bridgehead atoms. The van der Waals surface area contributed by atoms with E-state index in [1.807, 2.05) is 12.1 Å². The summed E-state index contributed by atoms with van der Waals surface area (Å²) in [7, 11) is 0. The van der Waals surface area contributed by atoms with Gasteiger partial charge in [0, 0.05) is 4.75 Å². The van der Waals surface area contributed by atoms with E-state index in [0.717, 1.165) is 19.3 Å². The number of ether oxygens (including phenoxy) is 1. The van der Waals surface area contributed by atoms with Crippen molar-refractivity contribution >= 4 is 65.1 Å². The van der Waals surface area contributed by atoms with Crippen LogP contribution >= 0.6 is 11.8 Å². The van der Waals surface area contributed by atoms with Gasteiger partial charge in [0.2, 0.25) is 11.8 Å². The Labute approximate surface area is 235 Å². The molecule has 2 N–H and O–H groups in total. The average molecular weight is 519 g/mol. The third-order valence-corrected chi connectivity index (χ3v) is 8.43. The summed E-state index contributed by atoms with van der Waals surface area (Å²) in [5.41, 5.74) is 3.25. The molecule has 0 spiro atoms. The molecule has 184 valence electrons. The third-order valence-electron chi connectivity index (χ3n) is 6.86. The second kappa shape index (κ2) is 10.2. The van der Waals surface area contributed by atoms with E-state index in [0.29, 0.717) is 11.3 Å². The van der Waals surface area contributed by atoms with Gasteiger partial charge in [-0.2, -0.15) is 0 Å². The Kier molecular flexibility index (Phi) is 7.57. The fraction of sp³-hybridized carbons (Fsp3) is 0.385. The number of thioether (sulfide) groups is 1. The van der Waals surface area contributed by atoms with Crippen LogP contribution in [0.2, 0.25) is 0 Å². The van der Waals surface area contributed by atoms with Gasteiger partial charge in [0.05, 0.1) is 12.0 Å². The molecular weight excluding hydrogens is 491 g/mol. The molecule has 2 heterocycles. The fourth-order valence-electron chi connectivity index (χ4n) is 5.19. The number of hydrogen-bond acceptors (Lipinski definition) is 6. The monoisotopic (exact) mass is 518 g/mol. The van der Waals surface area contributed by atoms with Crippen LogP contribution in [0.3, 0.4) is 0 Å². The number of hydrogen-bond donors (Lipinski definition) is 2. The van der Waals surface area contributed by atoms with Gasteiger partial charge in [0.1, 0.15) is 23.2 Å². The molecule has 2 unspecified atom stereocenters. The second-order valence-electron chi connectivity index (χ2n) is 9.65. The molecule has 2 aromatic rings. The number of aliphatic carboxylic acids is 1. The first-order valence-electron chi connectivity index (χ1n) is 11.6. The zero-order valence-electron chi connectivity index (χ0n) is 19.4. The zero-order chi connectivity index (χ0) is 24.9. The fourth-order valence-corrected chi connectivity index (χ4v) is 6.82. The molecule has 36 heavy (non-hydrogen) atoms. The molecule has 2 amide bonds. The molecule has 3 aliphatic rings. The van der Waals surface area contributed by atoms with Crippen molar-refractivity contribution in [3.8, 4) is 5.75 Å². The van der Waals surface area contributed by atoms with E-state index >= 15 is 0 Å². The number of β-lactam (4-membered cyclic amide) rings is 1. The van der Waals surface area contributed by atoms with Crippen LogP contribution in [0.5, 0.6) is 5.75 Å². The van der Waals surface area contributed by atoms with Gasteiger partial charge in [0.15, 0.2) is 0 Å². The van der Waals surface area contributed by atoms with Crippen LogP contribution in [0.4, 0.5) is 0 Å². The summed E-state index contributed by atoms with van der Waals surface area (Å²) >= 11 is 1.37. The Morgan fingerprint density at radius 1 is 1.14 bits per heavy atom. The predicted molar refractivity (Wildman–Crippen MR) is 136 cm³/mol. The number of carboxylic acids is 1. The number of benzene rings is 2. The molecule has 5 rings (SSSR count). The Bertz CT molecular complexity index is 1250. The summed E-state index contributed by atoms with van der Waals surface area (Å²) in [6, 6.07) is 10.7. The molecule has 3 atom stereocenters. The van der Waals surface area contributed by atoms with E-state index in [-0.39, 0.29) is 41.5 Å². The van der Waals surface area contributed by atoms with Crippen LogP contribution in [0.15, 0.2) is 42.5 Å². The minimum atomic E-state index is -1.06. The van der Waals surface area contributed by atoms with Gasteiger partial charge < -0.3 is 20.1 Å². The standard InChI is InChI=1S/C26H26N2O6S.Na.H/c1-26(2)21(24(31)32)28-22(30)20(23(28)35-26)27-19(29)13-16-6-3-4-9-18(16)25(33)34-17-11-10-14-7-5-8-15(14)12-17;;/h3-4,6,9-12,20-21,23H,5,7-8,13H2,1-2H3,(H,27,29)(H,31,32);;/t20?,21?,23-;;/m1../s1. The van der Waals surface area contributed by atoms with Crippen molar-refractivity contribution in [2.45, 2.75) is 61.7 Å². The number of carboxylic acid groups (broad SMARTS) is 1. The van der Waals surface area contributed by atoms with Crippen LogP contribution in [0, 0.1) is 0 Å². The summed E-state index contributed by atoms with van der Waals surface area (Å²) in [5.74, 6) is -1.95. The zero-order valence-corrected chi connectivity index (χ0v) is 20.3. The van der Waals surface area contributed by atoms with Crippen LogP contribution in [0.25, 0.3) is 0 Å². The van der Waals surface area contributed by atoms with Crippen molar-refractivity contribution in [1.29, 1.82) is 0 Å². The van der Waals surface area contributed by atoms with Crippen molar-refractivity contribution < 1.29 is 29.0 Å². The molecule has 1 aliphatic carbocycles. The van der Waals surface area contributed by atoms with Gasteiger partial charge in [0.25, 0.3) is 0 Å². The van der Waals surface area contributed by atoms with Crippen LogP contribution < -0.4 is 10.1 Å². The van der Waals surface area contributed by atoms with Gasteiger partial charge in [-0.25, -0.2) is 9.59 Å². The topological polar surface area (TPSA) is 113 Å². The van der Waals surface area contributed by atoms with Crippen LogP contribution in [-0.2, 0) is 33.6 Å². The number of carbonyl (C=O) groups excluding carboxylic acids is 3. The van der Waals surface area contributed by atoms with Crippen molar-refractivity contribution in [2.75, 3.05) is 0 Å². The number of nitrogens with zero attached hydrogens (tertiary/aromatic N) is 1. The Hall–Kier alpha value is -2.33. The molecule has 2 saturated heterocycles. The van der Waals surface area contributed by atoms with E-state index in [4.69, 9.17) is 4.74 Å². The minimum absolute atomic E-state index is 0. The summed E-state index contributed by atoms with van der Waals surface area (Å²) < 4.78 is 4.93. The van der Waals surface area contributed by atoms with Crippen molar-refractivity contribution in [3.05, 3.63) is 64.7 Å². The normalized spacial score (nSPS) is 23.1. The number of nitrogens with one attached hydrogen (secondary N) is 1. The predicted octanol–water partition coefficient (Wildman–Crippen LogP) is 1.92. The first-order chi connectivity index (χ1) is 16.7. The van der Waals surface area contributed by atoms with Gasteiger partial charge >= 0.3 is 41.5 Å². The third kappa shape index (κ3) is 4.81. The van der Waals surface area contributed by atoms with E-state index in [1.165, 1.54) is 27.8 Å². The number of carbonyl (C=O) groups is 4. The van der Waals surface area contributed by atoms with Crippen LogP contribution in [-0.4, -0.2) is 85.5 Å². The van der Waals surface area contributed by atoms with Gasteiger partial charge in [-0.1, -0.05) is 24.3 Å². The van der Waals surface area contributed by atoms with Crippen molar-refractivity contribution in [3.63, 3.8) is 0 Å². The Morgan fingerprint density at radius 2 is 1.86 bits per heavy atom.